The third-order valence-corrected chi connectivity index (χ3v) is 10.1. The van der Waals surface area contributed by atoms with Crippen molar-refractivity contribution in [2.24, 2.45) is 0 Å². The number of aromatic nitrogens is 2. The molecule has 4 aromatic heterocycles. The Labute approximate surface area is 238 Å². The molecule has 0 amide bonds. The summed E-state index contributed by atoms with van der Waals surface area (Å²) in [5, 5.41) is 11.8. The van der Waals surface area contributed by atoms with Crippen LogP contribution in [0, 0.1) is 0 Å². The summed E-state index contributed by atoms with van der Waals surface area (Å²) in [7, 11) is 0. The maximum atomic E-state index is 2.44. The fourth-order valence-electron chi connectivity index (χ4n) is 7.22. The number of pyridine rings is 1. The fourth-order valence-corrected chi connectivity index (χ4v) is 8.47. The maximum Gasteiger partial charge on any atom is 0.0613 e. The van der Waals surface area contributed by atoms with Gasteiger partial charge in [-0.1, -0.05) is 91.0 Å². The molecule has 0 fully saturated rings. The van der Waals surface area contributed by atoms with Crippen LogP contribution in [-0.4, -0.2) is 8.97 Å². The quantitative estimate of drug-likeness (QED) is 0.184. The lowest BCUT2D eigenvalue weighted by molar-refractivity contribution is 1.18. The molecule has 0 radical (unpaired) electrons. The molecule has 190 valence electrons. The summed E-state index contributed by atoms with van der Waals surface area (Å²) in [6, 6.07) is 46.7. The van der Waals surface area contributed by atoms with Gasteiger partial charge in [0.05, 0.1) is 22.1 Å². The highest BCUT2D eigenvalue weighted by Gasteiger charge is 2.22. The third kappa shape index (κ3) is 2.71. The second-order valence-electron chi connectivity index (χ2n) is 10.9. The number of hydrogen-bond acceptors (Lipinski definition) is 1. The van der Waals surface area contributed by atoms with Crippen molar-refractivity contribution in [1.29, 1.82) is 0 Å². The zero-order valence-corrected chi connectivity index (χ0v) is 22.8. The highest BCUT2D eigenvalue weighted by Crippen LogP contribution is 2.47. The molecular weight excluding hydrogens is 516 g/mol. The summed E-state index contributed by atoms with van der Waals surface area (Å²) in [6.45, 7) is 0. The van der Waals surface area contributed by atoms with Crippen LogP contribution >= 0.6 is 11.3 Å². The molecule has 0 aliphatic heterocycles. The predicted octanol–water partition coefficient (Wildman–Crippen LogP) is 10.9. The Balaban J connectivity index is 1.57. The number of thiophene rings is 1. The molecule has 10 rings (SSSR count). The van der Waals surface area contributed by atoms with Crippen molar-refractivity contribution in [2.75, 3.05) is 0 Å². The van der Waals surface area contributed by atoms with Gasteiger partial charge in [-0.05, 0) is 36.4 Å². The molecule has 4 heterocycles. The van der Waals surface area contributed by atoms with Crippen molar-refractivity contribution < 1.29 is 0 Å². The van der Waals surface area contributed by atoms with Gasteiger partial charge in [0.15, 0.2) is 0 Å². The van der Waals surface area contributed by atoms with E-state index in [2.05, 4.69) is 143 Å². The van der Waals surface area contributed by atoms with Gasteiger partial charge in [0.1, 0.15) is 0 Å². The van der Waals surface area contributed by atoms with Crippen molar-refractivity contribution in [3.05, 3.63) is 134 Å². The van der Waals surface area contributed by atoms with Gasteiger partial charge in [-0.2, -0.15) is 0 Å². The topological polar surface area (TPSA) is 9.34 Å². The summed E-state index contributed by atoms with van der Waals surface area (Å²) in [4.78, 5) is 0. The largest absolute Gasteiger partial charge is 0.315 e. The second-order valence-corrected chi connectivity index (χ2v) is 12.0. The average molecular weight is 539 g/mol. The maximum absolute atomic E-state index is 2.44. The first kappa shape index (κ1) is 21.7. The minimum absolute atomic E-state index is 1.18. The van der Waals surface area contributed by atoms with E-state index in [1.165, 1.54) is 85.6 Å². The zero-order chi connectivity index (χ0) is 26.7. The SMILES string of the molecule is c1ccc(-n2c3ccccc3c3c4c(ccc32)c2c3ccccc3cn2c2ccc3c5ccccc5sc3c42)cc1. The predicted molar refractivity (Wildman–Crippen MR) is 177 cm³/mol. The number of rotatable bonds is 1. The fraction of sp³-hybridized carbons (Fsp3) is 0. The van der Waals surface area contributed by atoms with Gasteiger partial charge in [-0.3, -0.25) is 0 Å². The standard InChI is InChI=1S/C38H22N2S/c1-2-11-24(12-3-1)40-30-16-8-6-15-28(30)34-32(40)21-19-29-35(34)36-31(39-22-23-10-4-5-13-25(23)37(29)39)20-18-27-26-14-7-9-17-33(26)41-38(27)36/h1-22H. The molecule has 6 aromatic carbocycles. The average Bonchev–Trinajstić information content (AvgIpc) is 3.71. The molecule has 0 saturated heterocycles. The minimum Gasteiger partial charge on any atom is -0.315 e. The molecule has 3 heteroatoms. The first-order valence-electron chi connectivity index (χ1n) is 14.0. The minimum atomic E-state index is 1.18. The van der Waals surface area contributed by atoms with E-state index in [4.69, 9.17) is 0 Å². The summed E-state index contributed by atoms with van der Waals surface area (Å²) in [6.07, 6.45) is 2.32. The van der Waals surface area contributed by atoms with E-state index in [-0.39, 0.29) is 0 Å². The number of hydrogen-bond donors (Lipinski definition) is 0. The molecule has 0 aliphatic carbocycles. The van der Waals surface area contributed by atoms with Crippen LogP contribution in [-0.2, 0) is 0 Å². The molecule has 0 N–H and O–H groups in total. The van der Waals surface area contributed by atoms with E-state index in [9.17, 15) is 0 Å². The van der Waals surface area contributed by atoms with Crippen LogP contribution < -0.4 is 0 Å². The van der Waals surface area contributed by atoms with Gasteiger partial charge >= 0.3 is 0 Å². The lowest BCUT2D eigenvalue weighted by atomic mass is 9.97. The van der Waals surface area contributed by atoms with Gasteiger partial charge < -0.3 is 8.97 Å². The van der Waals surface area contributed by atoms with Crippen molar-refractivity contribution in [1.82, 2.24) is 8.97 Å². The normalized spacial score (nSPS) is 12.4. The van der Waals surface area contributed by atoms with Crippen LogP contribution in [0.2, 0.25) is 0 Å². The Morgan fingerprint density at radius 3 is 2.05 bits per heavy atom. The first-order valence-corrected chi connectivity index (χ1v) is 14.9. The van der Waals surface area contributed by atoms with E-state index < -0.39 is 0 Å². The third-order valence-electron chi connectivity index (χ3n) is 8.87. The Morgan fingerprint density at radius 1 is 0.439 bits per heavy atom. The molecule has 0 unspecified atom stereocenters. The molecule has 0 spiro atoms. The lowest BCUT2D eigenvalue weighted by Crippen LogP contribution is -1.94. The Kier molecular flexibility index (Phi) is 4.10. The van der Waals surface area contributed by atoms with E-state index in [1.54, 1.807) is 0 Å². The van der Waals surface area contributed by atoms with E-state index in [1.807, 2.05) is 11.3 Å². The van der Waals surface area contributed by atoms with Crippen molar-refractivity contribution in [2.45, 2.75) is 0 Å². The molecule has 10 aromatic rings. The summed E-state index contributed by atoms with van der Waals surface area (Å²) < 4.78 is 7.56. The van der Waals surface area contributed by atoms with Crippen LogP contribution in [0.3, 0.4) is 0 Å². The van der Waals surface area contributed by atoms with Crippen LogP contribution in [0.1, 0.15) is 0 Å². The smallest absolute Gasteiger partial charge is 0.0613 e. The number of nitrogens with zero attached hydrogens (tertiary/aromatic N) is 2. The van der Waals surface area contributed by atoms with Gasteiger partial charge in [0, 0.05) is 69.8 Å². The molecule has 0 bridgehead atoms. The Morgan fingerprint density at radius 2 is 1.15 bits per heavy atom. The van der Waals surface area contributed by atoms with E-state index >= 15 is 0 Å². The van der Waals surface area contributed by atoms with Crippen LogP contribution in [0.4, 0.5) is 0 Å². The number of benzene rings is 6. The lowest BCUT2D eigenvalue weighted by Gasteiger charge is -2.13. The second kappa shape index (κ2) is 7.75. The molecule has 0 aliphatic rings. The van der Waals surface area contributed by atoms with Crippen molar-refractivity contribution in [3.63, 3.8) is 0 Å². The number of para-hydroxylation sites is 2. The van der Waals surface area contributed by atoms with E-state index in [0.717, 1.165) is 0 Å². The van der Waals surface area contributed by atoms with Gasteiger partial charge in [0.2, 0.25) is 0 Å². The number of fused-ring (bicyclic) bond motifs is 16. The summed E-state index contributed by atoms with van der Waals surface area (Å²) in [5.74, 6) is 0. The van der Waals surface area contributed by atoms with Crippen LogP contribution in [0.5, 0.6) is 0 Å². The molecular formula is C38H22N2S. The Bertz CT molecular complexity index is 2690. The van der Waals surface area contributed by atoms with Gasteiger partial charge in [-0.25, -0.2) is 0 Å². The van der Waals surface area contributed by atoms with Gasteiger partial charge in [-0.15, -0.1) is 11.3 Å². The van der Waals surface area contributed by atoms with E-state index in [0.29, 0.717) is 0 Å². The molecule has 41 heavy (non-hydrogen) atoms. The zero-order valence-electron chi connectivity index (χ0n) is 22.0. The monoisotopic (exact) mass is 538 g/mol. The highest BCUT2D eigenvalue weighted by atomic mass is 32.1. The Hall–Kier alpha value is -5.12. The summed E-state index contributed by atoms with van der Waals surface area (Å²) >= 11 is 1.92. The molecule has 0 atom stereocenters. The summed E-state index contributed by atoms with van der Waals surface area (Å²) in [5.41, 5.74) is 6.19. The van der Waals surface area contributed by atoms with Crippen LogP contribution in [0.15, 0.2) is 134 Å². The van der Waals surface area contributed by atoms with Gasteiger partial charge in [0.25, 0.3) is 0 Å². The van der Waals surface area contributed by atoms with Crippen molar-refractivity contribution >= 4 is 91.3 Å². The van der Waals surface area contributed by atoms with Crippen LogP contribution in [0.25, 0.3) is 85.6 Å². The highest BCUT2D eigenvalue weighted by molar-refractivity contribution is 7.26. The first-order chi connectivity index (χ1) is 20.4. The molecule has 2 nitrogen and oxygen atoms in total. The molecule has 0 saturated carbocycles. The van der Waals surface area contributed by atoms with Crippen molar-refractivity contribution in [3.8, 4) is 5.69 Å².